The molecule has 120 valence electrons. The van der Waals surface area contributed by atoms with Crippen molar-refractivity contribution in [2.24, 2.45) is 0 Å². The van der Waals surface area contributed by atoms with Crippen LogP contribution in [-0.4, -0.2) is 60.4 Å². The van der Waals surface area contributed by atoms with E-state index in [1.165, 1.54) is 0 Å². The summed E-state index contributed by atoms with van der Waals surface area (Å²) in [5, 5.41) is 15.1. The molecule has 1 aliphatic heterocycles. The normalized spacial score (nSPS) is 15.8. The highest BCUT2D eigenvalue weighted by molar-refractivity contribution is 5.93. The van der Waals surface area contributed by atoms with Gasteiger partial charge in [-0.1, -0.05) is 6.92 Å². The number of ether oxygens (including phenoxy) is 1. The van der Waals surface area contributed by atoms with E-state index in [2.05, 4.69) is 10.6 Å². The number of urea groups is 1. The number of carbonyl (C=O) groups excluding carboxylic acids is 2. The number of hydrogen-bond acceptors (Lipinski definition) is 5. The van der Waals surface area contributed by atoms with Gasteiger partial charge >= 0.3 is 12.0 Å². The number of rotatable bonds is 7. The van der Waals surface area contributed by atoms with Crippen LogP contribution in [0, 0.1) is 0 Å². The van der Waals surface area contributed by atoms with Gasteiger partial charge in [0.1, 0.15) is 0 Å². The van der Waals surface area contributed by atoms with E-state index >= 15 is 0 Å². The second-order valence-corrected chi connectivity index (χ2v) is 5.60. The quantitative estimate of drug-likeness (QED) is 0.585. The van der Waals surface area contributed by atoms with E-state index in [-0.39, 0.29) is 19.2 Å². The van der Waals surface area contributed by atoms with Crippen molar-refractivity contribution in [3.63, 3.8) is 0 Å². The molecular weight excluding hydrogens is 274 g/mol. The van der Waals surface area contributed by atoms with E-state index in [1.54, 1.807) is 20.8 Å². The van der Waals surface area contributed by atoms with Crippen LogP contribution in [0.15, 0.2) is 11.3 Å². The maximum atomic E-state index is 11.9. The number of carbonyl (C=O) groups is 2. The van der Waals surface area contributed by atoms with Crippen LogP contribution in [0.2, 0.25) is 0 Å². The molecule has 0 aliphatic carbocycles. The van der Waals surface area contributed by atoms with Gasteiger partial charge in [0.05, 0.1) is 24.3 Å². The number of hydrogen-bond donors (Lipinski definition) is 3. The molecule has 0 saturated carbocycles. The maximum Gasteiger partial charge on any atom is 0.337 e. The van der Waals surface area contributed by atoms with E-state index in [0.29, 0.717) is 30.9 Å². The summed E-state index contributed by atoms with van der Waals surface area (Å²) >= 11 is 0. The summed E-state index contributed by atoms with van der Waals surface area (Å²) < 4.78 is 5.01. The van der Waals surface area contributed by atoms with Crippen LogP contribution in [0.1, 0.15) is 27.7 Å². The van der Waals surface area contributed by atoms with Crippen LogP contribution in [0.5, 0.6) is 0 Å². The van der Waals surface area contributed by atoms with Crippen LogP contribution in [0.3, 0.4) is 0 Å². The molecule has 0 aromatic rings. The van der Waals surface area contributed by atoms with E-state index in [9.17, 15) is 14.7 Å². The Kier molecular flexibility index (Phi) is 6.17. The predicted molar refractivity (Wildman–Crippen MR) is 78.6 cm³/mol. The molecule has 7 nitrogen and oxygen atoms in total. The third-order valence-electron chi connectivity index (χ3n) is 3.02. The number of amides is 2. The zero-order chi connectivity index (χ0) is 16.0. The highest BCUT2D eigenvalue weighted by atomic mass is 16.5. The molecule has 1 heterocycles. The molecule has 0 radical (unpaired) electrons. The Balaban J connectivity index is 2.90. The second kappa shape index (κ2) is 7.42. The van der Waals surface area contributed by atoms with Crippen molar-refractivity contribution in [1.29, 1.82) is 0 Å². The summed E-state index contributed by atoms with van der Waals surface area (Å²) in [5.41, 5.74) is 0.103. The summed E-state index contributed by atoms with van der Waals surface area (Å²) in [5.74, 6) is -0.431. The number of aliphatic hydroxyl groups is 1. The Morgan fingerprint density at radius 1 is 1.43 bits per heavy atom. The topological polar surface area (TPSA) is 90.9 Å². The molecule has 0 aromatic heterocycles. The molecule has 1 aliphatic rings. The first-order chi connectivity index (χ1) is 9.76. The summed E-state index contributed by atoms with van der Waals surface area (Å²) in [4.78, 5) is 25.4. The highest BCUT2D eigenvalue weighted by Crippen LogP contribution is 2.12. The minimum Gasteiger partial charge on any atom is -0.463 e. The van der Waals surface area contributed by atoms with Crippen molar-refractivity contribution in [2.75, 3.05) is 32.8 Å². The molecular formula is C14H25N3O4. The molecule has 0 saturated heterocycles. The molecule has 1 rings (SSSR count). The van der Waals surface area contributed by atoms with Crippen molar-refractivity contribution in [2.45, 2.75) is 33.3 Å². The zero-order valence-electron chi connectivity index (χ0n) is 13.2. The van der Waals surface area contributed by atoms with Crippen LogP contribution in [0.25, 0.3) is 0 Å². The van der Waals surface area contributed by atoms with Crippen molar-refractivity contribution in [3.05, 3.63) is 11.3 Å². The van der Waals surface area contributed by atoms with Gasteiger partial charge in [-0.3, -0.25) is 4.90 Å². The van der Waals surface area contributed by atoms with Gasteiger partial charge in [-0.15, -0.1) is 0 Å². The standard InChI is InChI=1S/C14H25N3O4/c1-5-17(9-14(3,4)20)8-11-10(12(18)21-6-2)7-15-13(19)16-11/h20H,5-9H2,1-4H3,(H2,15,16,19). The molecule has 0 bridgehead atoms. The third-order valence-corrected chi connectivity index (χ3v) is 3.02. The SMILES string of the molecule is CCOC(=O)C1=C(CN(CC)CC(C)(C)O)NC(=O)NC1. The first-order valence-electron chi connectivity index (χ1n) is 7.15. The molecule has 21 heavy (non-hydrogen) atoms. The Bertz CT molecular complexity index is 426. The fourth-order valence-corrected chi connectivity index (χ4v) is 2.13. The first kappa shape index (κ1) is 17.5. The second-order valence-electron chi connectivity index (χ2n) is 5.60. The lowest BCUT2D eigenvalue weighted by molar-refractivity contribution is -0.138. The number of nitrogens with zero attached hydrogens (tertiary/aromatic N) is 1. The van der Waals surface area contributed by atoms with E-state index in [0.717, 1.165) is 0 Å². The van der Waals surface area contributed by atoms with Crippen LogP contribution < -0.4 is 10.6 Å². The third kappa shape index (κ3) is 5.73. The van der Waals surface area contributed by atoms with Crippen molar-refractivity contribution < 1.29 is 19.4 Å². The molecule has 0 atom stereocenters. The van der Waals surface area contributed by atoms with Crippen molar-refractivity contribution in [3.8, 4) is 0 Å². The average Bonchev–Trinajstić information content (AvgIpc) is 2.36. The Labute approximate surface area is 125 Å². The number of likely N-dealkylation sites (N-methyl/N-ethyl adjacent to an activating group) is 1. The van der Waals surface area contributed by atoms with Gasteiger partial charge in [-0.25, -0.2) is 9.59 Å². The Morgan fingerprint density at radius 2 is 2.10 bits per heavy atom. The van der Waals surface area contributed by atoms with E-state index in [1.807, 2.05) is 11.8 Å². The van der Waals surface area contributed by atoms with Crippen LogP contribution in [0.4, 0.5) is 4.79 Å². The summed E-state index contributed by atoms with van der Waals surface area (Å²) in [6.45, 7) is 9.07. The molecule has 0 spiro atoms. The largest absolute Gasteiger partial charge is 0.463 e. The molecule has 7 heteroatoms. The summed E-state index contributed by atoms with van der Waals surface area (Å²) in [7, 11) is 0. The van der Waals surface area contributed by atoms with Gasteiger partial charge in [0.15, 0.2) is 0 Å². The lowest BCUT2D eigenvalue weighted by Crippen LogP contribution is -2.48. The van der Waals surface area contributed by atoms with Gasteiger partial charge in [0.2, 0.25) is 0 Å². The molecule has 0 fully saturated rings. The van der Waals surface area contributed by atoms with Gasteiger partial charge in [-0.05, 0) is 27.3 Å². The minimum atomic E-state index is -0.850. The molecule has 0 unspecified atom stereocenters. The average molecular weight is 299 g/mol. The van der Waals surface area contributed by atoms with Gasteiger partial charge in [0, 0.05) is 18.8 Å². The van der Waals surface area contributed by atoms with Gasteiger partial charge in [0.25, 0.3) is 0 Å². The Hall–Kier alpha value is -1.60. The van der Waals surface area contributed by atoms with E-state index in [4.69, 9.17) is 4.74 Å². The predicted octanol–water partition coefficient (Wildman–Crippen LogP) is 0.209. The summed E-state index contributed by atoms with van der Waals surface area (Å²) in [6.07, 6.45) is 0. The highest BCUT2D eigenvalue weighted by Gasteiger charge is 2.26. The smallest absolute Gasteiger partial charge is 0.337 e. The Morgan fingerprint density at radius 3 is 2.62 bits per heavy atom. The van der Waals surface area contributed by atoms with E-state index < -0.39 is 11.6 Å². The minimum absolute atomic E-state index is 0.153. The number of nitrogens with one attached hydrogen (secondary N) is 2. The lowest BCUT2D eigenvalue weighted by Gasteiger charge is -2.30. The number of esters is 1. The molecule has 0 aromatic carbocycles. The van der Waals surface area contributed by atoms with Crippen LogP contribution in [-0.2, 0) is 9.53 Å². The zero-order valence-corrected chi connectivity index (χ0v) is 13.2. The summed E-state index contributed by atoms with van der Waals surface area (Å²) in [6, 6.07) is -0.336. The van der Waals surface area contributed by atoms with Crippen molar-refractivity contribution in [1.82, 2.24) is 15.5 Å². The van der Waals surface area contributed by atoms with Gasteiger partial charge < -0.3 is 20.5 Å². The van der Waals surface area contributed by atoms with Crippen molar-refractivity contribution >= 4 is 12.0 Å². The molecule has 2 amide bonds. The maximum absolute atomic E-state index is 11.9. The first-order valence-corrected chi connectivity index (χ1v) is 7.15. The fourth-order valence-electron chi connectivity index (χ4n) is 2.13. The molecule has 3 N–H and O–H groups in total. The van der Waals surface area contributed by atoms with Gasteiger partial charge in [-0.2, -0.15) is 0 Å². The monoisotopic (exact) mass is 299 g/mol. The lowest BCUT2D eigenvalue weighted by atomic mass is 10.1. The fraction of sp³-hybridized carbons (Fsp3) is 0.714. The van der Waals surface area contributed by atoms with Crippen LogP contribution >= 0.6 is 0 Å².